The Hall–Kier alpha value is 0.270. The Morgan fingerprint density at radius 2 is 2.06 bits per heavy atom. The third kappa shape index (κ3) is 3.14. The quantitative estimate of drug-likeness (QED) is 0.769. The fraction of sp³-hybridized carbons (Fsp3) is 1.00. The lowest BCUT2D eigenvalue weighted by Crippen LogP contribution is -2.44. The smallest absolute Gasteiger partial charge is 0.0354 e. The minimum atomic E-state index is 0.793. The van der Waals surface area contributed by atoms with Gasteiger partial charge in [-0.15, -0.1) is 0 Å². The molecule has 2 unspecified atom stereocenters. The van der Waals surface area contributed by atoms with Gasteiger partial charge >= 0.3 is 0 Å². The zero-order chi connectivity index (χ0) is 11.5. The van der Waals surface area contributed by atoms with Crippen molar-refractivity contribution < 1.29 is 0 Å². The van der Waals surface area contributed by atoms with Crippen LogP contribution >= 0.6 is 11.8 Å². The summed E-state index contributed by atoms with van der Waals surface area (Å²) in [6.45, 7) is 8.40. The van der Waals surface area contributed by atoms with Gasteiger partial charge in [-0.3, -0.25) is 4.90 Å². The number of nitrogens with zero attached hydrogens (tertiary/aromatic N) is 1. The fourth-order valence-electron chi connectivity index (χ4n) is 2.64. The van der Waals surface area contributed by atoms with E-state index in [1.165, 1.54) is 38.9 Å². The van der Waals surface area contributed by atoms with Gasteiger partial charge in [0.1, 0.15) is 0 Å². The second-order valence-corrected chi connectivity index (χ2v) is 6.73. The molecule has 16 heavy (non-hydrogen) atoms. The average Bonchev–Trinajstić information content (AvgIpc) is 2.96. The lowest BCUT2D eigenvalue weighted by atomic mass is 10.1. The summed E-state index contributed by atoms with van der Waals surface area (Å²) < 4.78 is 0. The maximum absolute atomic E-state index is 3.56. The lowest BCUT2D eigenvalue weighted by Gasteiger charge is -2.32. The van der Waals surface area contributed by atoms with Crippen LogP contribution in [0.15, 0.2) is 0 Å². The van der Waals surface area contributed by atoms with Gasteiger partial charge in [0.15, 0.2) is 0 Å². The Bertz CT molecular complexity index is 216. The Morgan fingerprint density at radius 3 is 2.62 bits per heavy atom. The predicted molar refractivity (Wildman–Crippen MR) is 73.1 cm³/mol. The van der Waals surface area contributed by atoms with Crippen molar-refractivity contribution in [2.45, 2.75) is 50.4 Å². The molecule has 1 saturated heterocycles. The first-order valence-electron chi connectivity index (χ1n) is 6.71. The molecule has 0 aromatic rings. The molecule has 2 nitrogen and oxygen atoms in total. The van der Waals surface area contributed by atoms with E-state index in [0.29, 0.717) is 0 Å². The Morgan fingerprint density at radius 1 is 1.31 bits per heavy atom. The van der Waals surface area contributed by atoms with E-state index in [1.807, 2.05) is 11.8 Å². The highest BCUT2D eigenvalue weighted by molar-refractivity contribution is 7.99. The average molecular weight is 242 g/mol. The highest BCUT2D eigenvalue weighted by Gasteiger charge is 2.39. The standard InChI is InChI=1S/C13H26N2S/c1-10(2)6-7-15(11-4-5-11)12-8-14-9-13(12)16-3/h10-14H,4-9H2,1-3H3. The highest BCUT2D eigenvalue weighted by Crippen LogP contribution is 2.33. The molecule has 94 valence electrons. The van der Waals surface area contributed by atoms with Crippen molar-refractivity contribution in [3.8, 4) is 0 Å². The first-order chi connectivity index (χ1) is 7.72. The van der Waals surface area contributed by atoms with Crippen LogP contribution in [-0.2, 0) is 0 Å². The fourth-order valence-corrected chi connectivity index (χ4v) is 3.50. The van der Waals surface area contributed by atoms with E-state index in [2.05, 4.69) is 30.3 Å². The molecule has 3 heteroatoms. The van der Waals surface area contributed by atoms with Gasteiger partial charge in [0.25, 0.3) is 0 Å². The molecular formula is C13H26N2S. The monoisotopic (exact) mass is 242 g/mol. The lowest BCUT2D eigenvalue weighted by molar-refractivity contribution is 0.190. The summed E-state index contributed by atoms with van der Waals surface area (Å²) in [5.41, 5.74) is 0. The molecule has 1 aliphatic heterocycles. The van der Waals surface area contributed by atoms with Crippen molar-refractivity contribution in [2.24, 2.45) is 5.92 Å². The van der Waals surface area contributed by atoms with Gasteiger partial charge in [0.2, 0.25) is 0 Å². The second kappa shape index (κ2) is 5.74. The molecule has 1 heterocycles. The molecule has 0 aromatic heterocycles. The van der Waals surface area contributed by atoms with Gasteiger partial charge in [-0.05, 0) is 38.0 Å². The summed E-state index contributed by atoms with van der Waals surface area (Å²) in [5, 5.41) is 4.37. The van der Waals surface area contributed by atoms with E-state index >= 15 is 0 Å². The predicted octanol–water partition coefficient (Wildman–Crippen LogP) is 2.20. The minimum absolute atomic E-state index is 0.793. The SMILES string of the molecule is CSC1CNCC1N(CCC(C)C)C1CC1. The van der Waals surface area contributed by atoms with E-state index < -0.39 is 0 Å². The third-order valence-corrected chi connectivity index (χ3v) is 4.92. The van der Waals surface area contributed by atoms with Gasteiger partial charge in [-0.2, -0.15) is 11.8 Å². The summed E-state index contributed by atoms with van der Waals surface area (Å²) in [5.74, 6) is 0.836. The van der Waals surface area contributed by atoms with Gasteiger partial charge in [-0.25, -0.2) is 0 Å². The van der Waals surface area contributed by atoms with Crippen LogP contribution in [0.2, 0.25) is 0 Å². The largest absolute Gasteiger partial charge is 0.314 e. The Balaban J connectivity index is 1.90. The molecule has 0 aromatic carbocycles. The number of rotatable bonds is 6. The first kappa shape index (κ1) is 12.7. The van der Waals surface area contributed by atoms with Crippen LogP contribution in [0.4, 0.5) is 0 Å². The molecule has 1 N–H and O–H groups in total. The normalized spacial score (nSPS) is 30.6. The second-order valence-electron chi connectivity index (χ2n) is 5.65. The molecular weight excluding hydrogens is 216 g/mol. The van der Waals surface area contributed by atoms with Crippen molar-refractivity contribution in [2.75, 3.05) is 25.9 Å². The van der Waals surface area contributed by atoms with Crippen molar-refractivity contribution in [3.63, 3.8) is 0 Å². The molecule has 0 radical (unpaired) electrons. The highest BCUT2D eigenvalue weighted by atomic mass is 32.2. The molecule has 0 bridgehead atoms. The van der Waals surface area contributed by atoms with Crippen LogP contribution in [-0.4, -0.2) is 48.1 Å². The van der Waals surface area contributed by atoms with Gasteiger partial charge in [0.05, 0.1) is 0 Å². The van der Waals surface area contributed by atoms with E-state index in [0.717, 1.165) is 23.3 Å². The van der Waals surface area contributed by atoms with Crippen LogP contribution < -0.4 is 5.32 Å². The molecule has 2 rings (SSSR count). The van der Waals surface area contributed by atoms with Crippen molar-refractivity contribution in [1.82, 2.24) is 10.2 Å². The molecule has 1 aliphatic carbocycles. The molecule has 0 spiro atoms. The summed E-state index contributed by atoms with van der Waals surface area (Å²) in [6.07, 6.45) is 6.50. The summed E-state index contributed by atoms with van der Waals surface area (Å²) in [6, 6.07) is 1.71. The van der Waals surface area contributed by atoms with Crippen molar-refractivity contribution in [1.29, 1.82) is 0 Å². The Kier molecular flexibility index (Phi) is 4.57. The van der Waals surface area contributed by atoms with E-state index in [4.69, 9.17) is 0 Å². The number of hydrogen-bond donors (Lipinski definition) is 1. The van der Waals surface area contributed by atoms with Crippen LogP contribution in [0.5, 0.6) is 0 Å². The van der Waals surface area contributed by atoms with Crippen LogP contribution in [0.1, 0.15) is 33.1 Å². The van der Waals surface area contributed by atoms with Crippen molar-refractivity contribution in [3.05, 3.63) is 0 Å². The Labute approximate surface area is 105 Å². The van der Waals surface area contributed by atoms with E-state index in [9.17, 15) is 0 Å². The van der Waals surface area contributed by atoms with Crippen LogP contribution in [0.3, 0.4) is 0 Å². The molecule has 2 fully saturated rings. The first-order valence-corrected chi connectivity index (χ1v) is 8.00. The maximum atomic E-state index is 3.56. The zero-order valence-electron chi connectivity index (χ0n) is 10.9. The topological polar surface area (TPSA) is 15.3 Å². The van der Waals surface area contributed by atoms with Gasteiger partial charge in [0, 0.05) is 30.4 Å². The van der Waals surface area contributed by atoms with E-state index in [1.54, 1.807) is 0 Å². The van der Waals surface area contributed by atoms with Gasteiger partial charge < -0.3 is 5.32 Å². The zero-order valence-corrected chi connectivity index (χ0v) is 11.7. The molecule has 0 amide bonds. The summed E-state index contributed by atoms with van der Waals surface area (Å²) in [4.78, 5) is 2.81. The molecule has 1 saturated carbocycles. The summed E-state index contributed by atoms with van der Waals surface area (Å²) in [7, 11) is 0. The molecule has 2 aliphatic rings. The van der Waals surface area contributed by atoms with Crippen LogP contribution in [0, 0.1) is 5.92 Å². The minimum Gasteiger partial charge on any atom is -0.314 e. The number of hydrogen-bond acceptors (Lipinski definition) is 3. The van der Waals surface area contributed by atoms with Crippen LogP contribution in [0.25, 0.3) is 0 Å². The van der Waals surface area contributed by atoms with Gasteiger partial charge in [-0.1, -0.05) is 13.8 Å². The summed E-state index contributed by atoms with van der Waals surface area (Å²) >= 11 is 2.04. The number of thioether (sulfide) groups is 1. The third-order valence-electron chi connectivity index (χ3n) is 3.84. The van der Waals surface area contributed by atoms with Crippen molar-refractivity contribution >= 4 is 11.8 Å². The number of nitrogens with one attached hydrogen (secondary N) is 1. The van der Waals surface area contributed by atoms with E-state index in [-0.39, 0.29) is 0 Å². The molecule has 2 atom stereocenters. The maximum Gasteiger partial charge on any atom is 0.0354 e.